The summed E-state index contributed by atoms with van der Waals surface area (Å²) in [7, 11) is -2.55. The molecule has 2 heterocycles. The second-order valence-electron chi connectivity index (χ2n) is 7.29. The molecule has 9 heteroatoms. The Kier molecular flexibility index (Phi) is 4.84. The minimum atomic E-state index is -2.55. The molecule has 1 amide bonds. The Balaban J connectivity index is 1.86. The fourth-order valence-electron chi connectivity index (χ4n) is 3.89. The molecule has 1 saturated heterocycles. The molecule has 0 aliphatic carbocycles. The Morgan fingerprint density at radius 1 is 1.03 bits per heavy atom. The lowest BCUT2D eigenvalue weighted by molar-refractivity contribution is 0.100. The molecule has 0 atom stereocenters. The van der Waals surface area contributed by atoms with Crippen molar-refractivity contribution in [3.8, 4) is 11.1 Å². The van der Waals surface area contributed by atoms with Crippen molar-refractivity contribution in [3.05, 3.63) is 59.0 Å². The van der Waals surface area contributed by atoms with E-state index in [9.17, 15) is 27.1 Å². The maximum Gasteiger partial charge on any atom is 0.250 e. The molecular formula is C20H19F3N2O3S. The first kappa shape index (κ1) is 19.8. The Morgan fingerprint density at radius 3 is 2.21 bits per heavy atom. The number of nitrogens with one attached hydrogen (secondary N) is 1. The Labute approximate surface area is 166 Å². The number of hydrogen-bond acceptors (Lipinski definition) is 3. The summed E-state index contributed by atoms with van der Waals surface area (Å²) in [5.41, 5.74) is 7.41. The van der Waals surface area contributed by atoms with E-state index in [0.29, 0.717) is 40.8 Å². The lowest BCUT2D eigenvalue weighted by Crippen LogP contribution is -2.19. The summed E-state index contributed by atoms with van der Waals surface area (Å²) in [5.74, 6) is -4.32. The molecule has 0 bridgehead atoms. The minimum absolute atomic E-state index is 0.0290. The van der Waals surface area contributed by atoms with Crippen LogP contribution in [0.15, 0.2) is 30.5 Å². The second-order valence-corrected chi connectivity index (χ2v) is 9.71. The number of nitrogens with two attached hydrogens (primary N) is 1. The van der Waals surface area contributed by atoms with Gasteiger partial charge in [0.05, 0.1) is 11.1 Å². The normalized spacial score (nSPS) is 18.1. The molecule has 4 rings (SSSR count). The van der Waals surface area contributed by atoms with E-state index in [-0.39, 0.29) is 17.0 Å². The summed E-state index contributed by atoms with van der Waals surface area (Å²) in [6.45, 7) is 0. The SMILES string of the molecule is NC(=O)c1cc(-c2cc(F)c(F)c(F)c2)cc2c(C3CCS(O)(O)CC3)c[nH]c12. The molecule has 5 N–H and O–H groups in total. The van der Waals surface area contributed by atoms with Crippen molar-refractivity contribution in [3.63, 3.8) is 0 Å². The highest BCUT2D eigenvalue weighted by atomic mass is 32.3. The van der Waals surface area contributed by atoms with Gasteiger partial charge in [0.2, 0.25) is 0 Å². The van der Waals surface area contributed by atoms with Gasteiger partial charge in [-0.05, 0) is 59.7 Å². The van der Waals surface area contributed by atoms with E-state index in [2.05, 4.69) is 4.98 Å². The molecule has 29 heavy (non-hydrogen) atoms. The molecule has 1 aliphatic rings. The van der Waals surface area contributed by atoms with Crippen molar-refractivity contribution in [2.45, 2.75) is 18.8 Å². The van der Waals surface area contributed by atoms with Crippen LogP contribution < -0.4 is 5.73 Å². The molecule has 1 aliphatic heterocycles. The molecule has 1 aromatic heterocycles. The number of aromatic amines is 1. The second kappa shape index (κ2) is 7.08. The van der Waals surface area contributed by atoms with Crippen LogP contribution >= 0.6 is 10.6 Å². The number of primary amides is 1. The van der Waals surface area contributed by atoms with Crippen LogP contribution in [0.4, 0.5) is 13.2 Å². The van der Waals surface area contributed by atoms with Gasteiger partial charge in [-0.3, -0.25) is 13.9 Å². The van der Waals surface area contributed by atoms with Crippen molar-refractivity contribution >= 4 is 27.4 Å². The third-order valence-electron chi connectivity index (χ3n) is 5.43. The quantitative estimate of drug-likeness (QED) is 0.446. The fraction of sp³-hybridized carbons (Fsp3) is 0.250. The summed E-state index contributed by atoms with van der Waals surface area (Å²) in [6.07, 6.45) is 2.87. The number of halogens is 3. The third-order valence-corrected chi connectivity index (χ3v) is 7.21. The van der Waals surface area contributed by atoms with Gasteiger partial charge in [-0.15, -0.1) is 0 Å². The molecule has 0 unspecified atom stereocenters. The number of hydrogen-bond donors (Lipinski definition) is 4. The molecule has 154 valence electrons. The zero-order chi connectivity index (χ0) is 20.9. The van der Waals surface area contributed by atoms with Gasteiger partial charge in [-0.1, -0.05) is 0 Å². The standard InChI is InChI=1S/C20H19F3N2O3S/c21-16-7-12(8-17(22)18(16)23)11-5-13-15(10-1-3-29(27,28)4-2-10)9-25-19(13)14(6-11)20(24)26/h5-10,25,27-28H,1-4H2,(H2,24,26). The molecular weight excluding hydrogens is 405 g/mol. The first-order valence-corrected chi connectivity index (χ1v) is 10.9. The largest absolute Gasteiger partial charge is 0.366 e. The van der Waals surface area contributed by atoms with Gasteiger partial charge in [0.1, 0.15) is 0 Å². The van der Waals surface area contributed by atoms with Gasteiger partial charge in [-0.25, -0.2) is 13.2 Å². The maximum atomic E-state index is 13.7. The molecule has 3 aromatic rings. The first-order chi connectivity index (χ1) is 13.7. The number of carbonyl (C=O) groups excluding carboxylic acids is 1. The van der Waals surface area contributed by atoms with E-state index in [1.54, 1.807) is 12.3 Å². The topological polar surface area (TPSA) is 99.3 Å². The highest BCUT2D eigenvalue weighted by molar-refractivity contribution is 8.24. The molecule has 0 saturated carbocycles. The van der Waals surface area contributed by atoms with Crippen molar-refractivity contribution in [2.24, 2.45) is 5.73 Å². The lowest BCUT2D eigenvalue weighted by atomic mass is 9.91. The van der Waals surface area contributed by atoms with Crippen LogP contribution in [0.5, 0.6) is 0 Å². The highest BCUT2D eigenvalue weighted by Gasteiger charge is 2.27. The number of amides is 1. The summed E-state index contributed by atoms with van der Waals surface area (Å²) in [5, 5.41) is 0.657. The molecule has 5 nitrogen and oxygen atoms in total. The predicted octanol–water partition coefficient (Wildman–Crippen LogP) is 4.98. The van der Waals surface area contributed by atoms with Crippen molar-refractivity contribution < 1.29 is 27.1 Å². The van der Waals surface area contributed by atoms with Gasteiger partial charge in [0.25, 0.3) is 5.91 Å². The van der Waals surface area contributed by atoms with E-state index in [0.717, 1.165) is 17.7 Å². The average molecular weight is 424 g/mol. The molecule has 0 radical (unpaired) electrons. The van der Waals surface area contributed by atoms with Gasteiger partial charge in [0, 0.05) is 23.1 Å². The van der Waals surface area contributed by atoms with E-state index in [1.807, 2.05) is 0 Å². The third kappa shape index (κ3) is 3.61. The first-order valence-electron chi connectivity index (χ1n) is 8.99. The van der Waals surface area contributed by atoms with E-state index < -0.39 is 33.9 Å². The van der Waals surface area contributed by atoms with Crippen LogP contribution in [0.2, 0.25) is 0 Å². The zero-order valence-corrected chi connectivity index (χ0v) is 16.0. The van der Waals surface area contributed by atoms with Crippen LogP contribution in [0.3, 0.4) is 0 Å². The molecule has 0 spiro atoms. The summed E-state index contributed by atoms with van der Waals surface area (Å²) >= 11 is 0. The zero-order valence-electron chi connectivity index (χ0n) is 15.2. The molecule has 2 aromatic carbocycles. The van der Waals surface area contributed by atoms with E-state index in [4.69, 9.17) is 5.73 Å². The average Bonchev–Trinajstić information content (AvgIpc) is 3.08. The Morgan fingerprint density at radius 2 is 1.62 bits per heavy atom. The number of rotatable bonds is 3. The van der Waals surface area contributed by atoms with Crippen LogP contribution in [-0.4, -0.2) is 31.5 Å². The van der Waals surface area contributed by atoms with Crippen molar-refractivity contribution in [1.29, 1.82) is 0 Å². The van der Waals surface area contributed by atoms with Crippen LogP contribution in [0, 0.1) is 17.5 Å². The Hall–Kier alpha value is -2.49. The number of H-pyrrole nitrogens is 1. The van der Waals surface area contributed by atoms with Gasteiger partial charge in [-0.2, -0.15) is 10.6 Å². The van der Waals surface area contributed by atoms with Crippen LogP contribution in [0.25, 0.3) is 22.0 Å². The van der Waals surface area contributed by atoms with E-state index in [1.165, 1.54) is 6.07 Å². The Bertz CT molecular complexity index is 1100. The number of carbonyl (C=O) groups is 1. The smallest absolute Gasteiger partial charge is 0.250 e. The number of benzene rings is 2. The van der Waals surface area contributed by atoms with Crippen LogP contribution in [-0.2, 0) is 0 Å². The highest BCUT2D eigenvalue weighted by Crippen LogP contribution is 2.49. The number of aromatic nitrogens is 1. The summed E-state index contributed by atoms with van der Waals surface area (Å²) in [6, 6.07) is 4.82. The maximum absolute atomic E-state index is 13.7. The summed E-state index contributed by atoms with van der Waals surface area (Å²) < 4.78 is 60.5. The van der Waals surface area contributed by atoms with E-state index >= 15 is 0 Å². The van der Waals surface area contributed by atoms with Gasteiger partial charge >= 0.3 is 0 Å². The van der Waals surface area contributed by atoms with Gasteiger partial charge in [0.15, 0.2) is 17.5 Å². The predicted molar refractivity (Wildman–Crippen MR) is 107 cm³/mol. The minimum Gasteiger partial charge on any atom is -0.366 e. The number of fused-ring (bicyclic) bond motifs is 1. The lowest BCUT2D eigenvalue weighted by Gasteiger charge is -2.39. The van der Waals surface area contributed by atoms with Crippen molar-refractivity contribution in [2.75, 3.05) is 11.5 Å². The monoisotopic (exact) mass is 424 g/mol. The molecule has 1 fully saturated rings. The van der Waals surface area contributed by atoms with Crippen LogP contribution in [0.1, 0.15) is 34.7 Å². The van der Waals surface area contributed by atoms with Crippen molar-refractivity contribution in [1.82, 2.24) is 4.98 Å². The fourth-order valence-corrected chi connectivity index (χ4v) is 5.42. The van der Waals surface area contributed by atoms with Gasteiger partial charge < -0.3 is 10.7 Å². The summed E-state index contributed by atoms with van der Waals surface area (Å²) in [4.78, 5) is 15.0.